The van der Waals surface area contributed by atoms with Gasteiger partial charge in [0, 0.05) is 6.20 Å². The number of benzene rings is 2. The van der Waals surface area contributed by atoms with E-state index in [1.807, 2.05) is 0 Å². The molecule has 0 bridgehead atoms. The minimum atomic E-state index is -4.56. The first-order valence-electron chi connectivity index (χ1n) is 8.47. The van der Waals surface area contributed by atoms with Crippen LogP contribution >= 0.6 is 0 Å². The average Bonchev–Trinajstić information content (AvgIpc) is 2.70. The van der Waals surface area contributed by atoms with Gasteiger partial charge < -0.3 is 22.6 Å². The van der Waals surface area contributed by atoms with Crippen molar-refractivity contribution in [2.45, 2.75) is 12.2 Å². The fourth-order valence-corrected chi connectivity index (χ4v) is 2.29. The molecule has 0 aliphatic carbocycles. The van der Waals surface area contributed by atoms with E-state index in [4.69, 9.17) is 17.2 Å². The molecular weight excluding hydrogens is 401 g/mol. The molecule has 1 atom stereocenters. The normalized spacial score (nSPS) is 13.5. The molecule has 0 fully saturated rings. The molecule has 0 aliphatic heterocycles. The number of nitrogens with one attached hydrogen (secondary N) is 2. The molecule has 0 saturated heterocycles. The Kier molecular flexibility index (Phi) is 7.15. The summed E-state index contributed by atoms with van der Waals surface area (Å²) in [6, 6.07) is 11.6. The summed E-state index contributed by atoms with van der Waals surface area (Å²) in [4.78, 5) is 27.5. The van der Waals surface area contributed by atoms with Gasteiger partial charge in [0.25, 0.3) is 11.8 Å². The summed E-state index contributed by atoms with van der Waals surface area (Å²) in [7, 11) is 0. The Labute approximate surface area is 169 Å². The van der Waals surface area contributed by atoms with Gasteiger partial charge in [0.15, 0.2) is 0 Å². The highest BCUT2D eigenvalue weighted by molar-refractivity contribution is 6.20. The van der Waals surface area contributed by atoms with Crippen LogP contribution in [-0.2, 0) is 15.8 Å². The number of nitrogens with zero attached hydrogens (tertiary/aromatic N) is 1. The summed E-state index contributed by atoms with van der Waals surface area (Å²) in [6.07, 6.45) is -3.60. The lowest BCUT2D eigenvalue weighted by Gasteiger charge is -2.13. The number of rotatable bonds is 7. The summed E-state index contributed by atoms with van der Waals surface area (Å²) in [6.45, 7) is 0. The molecule has 0 aliphatic rings. The zero-order valence-corrected chi connectivity index (χ0v) is 15.5. The maximum absolute atomic E-state index is 12.8. The zero-order chi connectivity index (χ0) is 22.3. The number of nitrogens with two attached hydrogens (primary N) is 3. The van der Waals surface area contributed by atoms with E-state index >= 15 is 0 Å². The largest absolute Gasteiger partial charge is 0.416 e. The van der Waals surface area contributed by atoms with Crippen molar-refractivity contribution in [3.05, 3.63) is 77.5 Å². The van der Waals surface area contributed by atoms with Gasteiger partial charge in [0.05, 0.1) is 16.8 Å². The summed E-state index contributed by atoms with van der Waals surface area (Å²) < 4.78 is 38.4. The van der Waals surface area contributed by atoms with Gasteiger partial charge in [-0.2, -0.15) is 13.2 Å². The molecule has 8 N–H and O–H groups in total. The molecule has 0 radical (unpaired) electrons. The molecule has 0 aromatic heterocycles. The fraction of sp³-hybridized carbons (Fsp3) is 0.105. The van der Waals surface area contributed by atoms with Crippen molar-refractivity contribution >= 4 is 23.3 Å². The van der Waals surface area contributed by atoms with Crippen LogP contribution < -0.4 is 28.1 Å². The molecular formula is C19H19F3N6O2. The van der Waals surface area contributed by atoms with Crippen LogP contribution in [0.5, 0.6) is 0 Å². The second-order valence-corrected chi connectivity index (χ2v) is 5.99. The predicted octanol–water partition coefficient (Wildman–Crippen LogP) is 1.38. The van der Waals surface area contributed by atoms with E-state index in [9.17, 15) is 22.8 Å². The lowest BCUT2D eigenvalue weighted by Crippen LogP contribution is -2.41. The Morgan fingerprint density at radius 2 is 1.70 bits per heavy atom. The molecule has 2 aromatic rings. The quantitative estimate of drug-likeness (QED) is 0.199. The molecule has 158 valence electrons. The minimum Gasteiger partial charge on any atom is -0.383 e. The number of amidine groups is 1. The molecule has 11 heteroatoms. The van der Waals surface area contributed by atoms with Crippen LogP contribution in [0.2, 0.25) is 0 Å². The molecule has 30 heavy (non-hydrogen) atoms. The van der Waals surface area contributed by atoms with Crippen molar-refractivity contribution in [1.82, 2.24) is 10.9 Å². The third kappa shape index (κ3) is 6.07. The molecule has 0 unspecified atom stereocenters. The first-order valence-corrected chi connectivity index (χ1v) is 8.47. The van der Waals surface area contributed by atoms with Crippen LogP contribution in [0.1, 0.15) is 17.2 Å². The first kappa shape index (κ1) is 22.4. The molecule has 0 heterocycles. The molecule has 0 spiro atoms. The minimum absolute atomic E-state index is 0.135. The highest BCUT2D eigenvalue weighted by Crippen LogP contribution is 2.31. The summed E-state index contributed by atoms with van der Waals surface area (Å²) in [5.74, 6) is -2.08. The van der Waals surface area contributed by atoms with Gasteiger partial charge in [0.1, 0.15) is 11.9 Å². The zero-order valence-electron chi connectivity index (χ0n) is 15.5. The maximum atomic E-state index is 12.8. The van der Waals surface area contributed by atoms with Crippen molar-refractivity contribution in [2.75, 3.05) is 0 Å². The number of aliphatic imine (C=N–C) groups is 1. The van der Waals surface area contributed by atoms with Crippen LogP contribution in [0, 0.1) is 0 Å². The standard InChI is InChI=1S/C19H19F3N6O2/c20-19(21,22)12-7-4-8-13(9-12)27-16(24)14(17(25)29)10-26-28-18(30)15(23)11-5-2-1-3-6-11/h1-10,15,26H,23H2,(H2,24,27)(H2,25,29)(H,28,30)/t15-/m1/s1. The number of halogens is 3. The lowest BCUT2D eigenvalue weighted by molar-refractivity contribution is -0.137. The Bertz CT molecular complexity index is 974. The number of amides is 2. The van der Waals surface area contributed by atoms with Gasteiger partial charge >= 0.3 is 6.18 Å². The third-order valence-corrected chi connectivity index (χ3v) is 3.82. The van der Waals surface area contributed by atoms with E-state index in [2.05, 4.69) is 15.8 Å². The molecule has 2 rings (SSSR count). The van der Waals surface area contributed by atoms with Crippen LogP contribution in [0.15, 0.2) is 71.4 Å². The van der Waals surface area contributed by atoms with Crippen molar-refractivity contribution in [2.24, 2.45) is 22.2 Å². The molecule has 2 amide bonds. The van der Waals surface area contributed by atoms with Crippen molar-refractivity contribution in [1.29, 1.82) is 0 Å². The second kappa shape index (κ2) is 9.56. The smallest absolute Gasteiger partial charge is 0.383 e. The number of primary amides is 1. The van der Waals surface area contributed by atoms with Crippen molar-refractivity contribution in [3.63, 3.8) is 0 Å². The van der Waals surface area contributed by atoms with Crippen LogP contribution in [0.25, 0.3) is 0 Å². The van der Waals surface area contributed by atoms with Gasteiger partial charge in [-0.1, -0.05) is 36.4 Å². The maximum Gasteiger partial charge on any atom is 0.416 e. The van der Waals surface area contributed by atoms with Crippen molar-refractivity contribution in [3.8, 4) is 0 Å². The van der Waals surface area contributed by atoms with E-state index in [-0.39, 0.29) is 11.3 Å². The summed E-state index contributed by atoms with van der Waals surface area (Å²) in [5, 5.41) is 0. The van der Waals surface area contributed by atoms with Gasteiger partial charge in [-0.05, 0) is 23.8 Å². The first-order chi connectivity index (χ1) is 14.1. The molecule has 0 saturated carbocycles. The van der Waals surface area contributed by atoms with Gasteiger partial charge in [0.2, 0.25) is 0 Å². The number of alkyl halides is 3. The van der Waals surface area contributed by atoms with E-state index in [0.29, 0.717) is 5.56 Å². The van der Waals surface area contributed by atoms with E-state index in [1.54, 1.807) is 30.3 Å². The number of carbonyl (C=O) groups is 2. The highest BCUT2D eigenvalue weighted by Gasteiger charge is 2.30. The second-order valence-electron chi connectivity index (χ2n) is 5.99. The number of hydrazine groups is 1. The third-order valence-electron chi connectivity index (χ3n) is 3.82. The van der Waals surface area contributed by atoms with E-state index in [0.717, 1.165) is 24.4 Å². The predicted molar refractivity (Wildman–Crippen MR) is 105 cm³/mol. The Balaban J connectivity index is 2.13. The molecule has 2 aromatic carbocycles. The van der Waals surface area contributed by atoms with Crippen LogP contribution in [-0.4, -0.2) is 17.6 Å². The van der Waals surface area contributed by atoms with Gasteiger partial charge in [-0.3, -0.25) is 15.0 Å². The van der Waals surface area contributed by atoms with Crippen molar-refractivity contribution < 1.29 is 22.8 Å². The van der Waals surface area contributed by atoms with Crippen LogP contribution in [0.3, 0.4) is 0 Å². The Hall–Kier alpha value is -3.86. The van der Waals surface area contributed by atoms with Gasteiger partial charge in [-0.15, -0.1) is 0 Å². The summed E-state index contributed by atoms with van der Waals surface area (Å²) in [5.41, 5.74) is 20.5. The number of carbonyl (C=O) groups excluding carboxylic acids is 2. The Morgan fingerprint density at radius 3 is 2.30 bits per heavy atom. The highest BCUT2D eigenvalue weighted by atomic mass is 19.4. The SMILES string of the molecule is NC(=O)C(=CNNC(=O)[C@H](N)c1ccccc1)C(N)=Nc1cccc(C(F)(F)F)c1. The topological polar surface area (TPSA) is 149 Å². The lowest BCUT2D eigenvalue weighted by atomic mass is 10.1. The number of hydrogen-bond acceptors (Lipinski definition) is 5. The monoisotopic (exact) mass is 420 g/mol. The number of hydrogen-bond donors (Lipinski definition) is 5. The van der Waals surface area contributed by atoms with E-state index in [1.165, 1.54) is 6.07 Å². The Morgan fingerprint density at radius 1 is 1.03 bits per heavy atom. The van der Waals surface area contributed by atoms with Crippen LogP contribution in [0.4, 0.5) is 18.9 Å². The summed E-state index contributed by atoms with van der Waals surface area (Å²) >= 11 is 0. The average molecular weight is 420 g/mol. The molecule has 8 nitrogen and oxygen atoms in total. The van der Waals surface area contributed by atoms with Gasteiger partial charge in [-0.25, -0.2) is 4.99 Å². The van der Waals surface area contributed by atoms with E-state index < -0.39 is 35.4 Å². The fourth-order valence-electron chi connectivity index (χ4n) is 2.29.